The predicted octanol–water partition coefficient (Wildman–Crippen LogP) is 1.44. The van der Waals surface area contributed by atoms with Crippen LogP contribution in [0.4, 0.5) is 0 Å². The summed E-state index contributed by atoms with van der Waals surface area (Å²) in [4.78, 5) is 11.5. The molecule has 1 amide bonds. The first-order valence-corrected chi connectivity index (χ1v) is 5.19. The summed E-state index contributed by atoms with van der Waals surface area (Å²) < 4.78 is 0. The molecule has 0 aromatic carbocycles. The fourth-order valence-electron chi connectivity index (χ4n) is 1.32. The second-order valence-electron chi connectivity index (χ2n) is 3.90. The lowest BCUT2D eigenvalue weighted by Gasteiger charge is -2.22. The Morgan fingerprint density at radius 3 is 2.50 bits per heavy atom. The molecule has 0 saturated heterocycles. The highest BCUT2D eigenvalue weighted by Crippen LogP contribution is 2.05. The van der Waals surface area contributed by atoms with E-state index in [4.69, 9.17) is 5.73 Å². The van der Waals surface area contributed by atoms with Gasteiger partial charge in [-0.2, -0.15) is 0 Å². The van der Waals surface area contributed by atoms with E-state index in [0.29, 0.717) is 12.3 Å². The molecule has 0 aliphatic carbocycles. The first kappa shape index (κ1) is 13.2. The molecule has 0 radical (unpaired) electrons. The van der Waals surface area contributed by atoms with Crippen LogP contribution < -0.4 is 11.1 Å². The predicted molar refractivity (Wildman–Crippen MR) is 59.8 cm³/mol. The fourth-order valence-corrected chi connectivity index (χ4v) is 1.32. The topological polar surface area (TPSA) is 55.1 Å². The third kappa shape index (κ3) is 4.42. The van der Waals surface area contributed by atoms with E-state index in [1.807, 2.05) is 0 Å². The largest absolute Gasteiger partial charge is 0.352 e. The molecule has 0 aliphatic heterocycles. The summed E-state index contributed by atoms with van der Waals surface area (Å²) in [5, 5.41) is 2.94. The minimum atomic E-state index is -0.458. The smallest absolute Gasteiger partial charge is 0.237 e. The van der Waals surface area contributed by atoms with E-state index in [2.05, 4.69) is 32.7 Å². The molecule has 0 spiro atoms. The Morgan fingerprint density at radius 2 is 2.14 bits per heavy atom. The summed E-state index contributed by atoms with van der Waals surface area (Å²) in [6.45, 7) is 9.80. The Balaban J connectivity index is 4.07. The van der Waals surface area contributed by atoms with E-state index in [-0.39, 0.29) is 11.9 Å². The van der Waals surface area contributed by atoms with E-state index in [9.17, 15) is 4.79 Å². The zero-order chi connectivity index (χ0) is 11.1. The lowest BCUT2D eigenvalue weighted by molar-refractivity contribution is -0.123. The van der Waals surface area contributed by atoms with Crippen molar-refractivity contribution in [2.24, 2.45) is 11.7 Å². The molecule has 3 nitrogen and oxygen atoms in total. The van der Waals surface area contributed by atoms with E-state index < -0.39 is 6.04 Å². The zero-order valence-corrected chi connectivity index (χ0v) is 9.42. The monoisotopic (exact) mass is 198 g/mol. The second-order valence-corrected chi connectivity index (χ2v) is 3.90. The van der Waals surface area contributed by atoms with Crippen LogP contribution in [0.3, 0.4) is 0 Å². The van der Waals surface area contributed by atoms with Crippen molar-refractivity contribution in [3.63, 3.8) is 0 Å². The molecule has 3 heteroatoms. The van der Waals surface area contributed by atoms with Crippen molar-refractivity contribution >= 4 is 5.91 Å². The molecule has 0 aromatic rings. The molecular weight excluding hydrogens is 176 g/mol. The van der Waals surface area contributed by atoms with Gasteiger partial charge in [0.1, 0.15) is 0 Å². The lowest BCUT2D eigenvalue weighted by Crippen LogP contribution is -2.46. The van der Waals surface area contributed by atoms with E-state index in [1.54, 1.807) is 6.08 Å². The van der Waals surface area contributed by atoms with Crippen molar-refractivity contribution in [2.45, 2.75) is 45.7 Å². The molecule has 0 saturated carbocycles. The van der Waals surface area contributed by atoms with Crippen molar-refractivity contribution in [1.29, 1.82) is 0 Å². The molecule has 0 heterocycles. The Labute approximate surface area is 86.8 Å². The fraction of sp³-hybridized carbons (Fsp3) is 0.727. The first-order valence-electron chi connectivity index (χ1n) is 5.19. The number of hydrogen-bond acceptors (Lipinski definition) is 2. The van der Waals surface area contributed by atoms with Gasteiger partial charge < -0.3 is 11.1 Å². The quantitative estimate of drug-likeness (QED) is 0.634. The Bertz CT molecular complexity index is 190. The average Bonchev–Trinajstić information content (AvgIpc) is 2.13. The summed E-state index contributed by atoms with van der Waals surface area (Å²) in [5.41, 5.74) is 5.65. The third-order valence-corrected chi connectivity index (χ3v) is 2.33. The van der Waals surface area contributed by atoms with Crippen LogP contribution in [0.25, 0.3) is 0 Å². The number of hydrogen-bond donors (Lipinski definition) is 2. The second kappa shape index (κ2) is 6.60. The van der Waals surface area contributed by atoms with Crippen molar-refractivity contribution < 1.29 is 4.79 Å². The van der Waals surface area contributed by atoms with Gasteiger partial charge in [0.05, 0.1) is 6.04 Å². The van der Waals surface area contributed by atoms with Gasteiger partial charge in [0.2, 0.25) is 5.91 Å². The van der Waals surface area contributed by atoms with E-state index >= 15 is 0 Å². The highest BCUT2D eigenvalue weighted by Gasteiger charge is 2.17. The molecule has 0 aromatic heterocycles. The number of carbonyl (C=O) groups excluding carboxylic acids is 1. The Morgan fingerprint density at radius 1 is 1.57 bits per heavy atom. The van der Waals surface area contributed by atoms with E-state index in [1.165, 1.54) is 0 Å². The summed E-state index contributed by atoms with van der Waals surface area (Å²) in [5.74, 6) is 0.366. The maximum atomic E-state index is 11.5. The highest BCUT2D eigenvalue weighted by atomic mass is 16.2. The van der Waals surface area contributed by atoms with Gasteiger partial charge >= 0.3 is 0 Å². The van der Waals surface area contributed by atoms with E-state index in [0.717, 1.165) is 6.42 Å². The van der Waals surface area contributed by atoms with Gasteiger partial charge in [-0.15, -0.1) is 6.58 Å². The van der Waals surface area contributed by atoms with Crippen molar-refractivity contribution in [1.82, 2.24) is 5.32 Å². The standard InChI is InChI=1S/C11H22N2O/c1-5-7-9(12)11(14)13-10(6-2)8(3)4/h5,8-10H,1,6-7,12H2,2-4H3,(H,13,14). The van der Waals surface area contributed by atoms with Crippen LogP contribution in [-0.2, 0) is 4.79 Å². The number of nitrogens with one attached hydrogen (secondary N) is 1. The van der Waals surface area contributed by atoms with Crippen molar-refractivity contribution in [2.75, 3.05) is 0 Å². The molecule has 0 bridgehead atoms. The molecule has 14 heavy (non-hydrogen) atoms. The van der Waals surface area contributed by atoms with Gasteiger partial charge in [0.15, 0.2) is 0 Å². The normalized spacial score (nSPS) is 14.9. The van der Waals surface area contributed by atoms with Crippen molar-refractivity contribution in [3.05, 3.63) is 12.7 Å². The molecule has 0 fully saturated rings. The van der Waals surface area contributed by atoms with Crippen LogP contribution in [0.5, 0.6) is 0 Å². The summed E-state index contributed by atoms with van der Waals surface area (Å²) in [6.07, 6.45) is 3.13. The number of amides is 1. The molecule has 0 rings (SSSR count). The van der Waals surface area contributed by atoms with Crippen molar-refractivity contribution in [3.8, 4) is 0 Å². The molecule has 82 valence electrons. The van der Waals surface area contributed by atoms with Crippen LogP contribution >= 0.6 is 0 Å². The van der Waals surface area contributed by atoms with Crippen LogP contribution in [-0.4, -0.2) is 18.0 Å². The molecule has 0 aliphatic rings. The van der Waals surface area contributed by atoms with Crippen LogP contribution in [0, 0.1) is 5.92 Å². The molecule has 3 N–H and O–H groups in total. The van der Waals surface area contributed by atoms with Gasteiger partial charge in [-0.25, -0.2) is 0 Å². The summed E-state index contributed by atoms with van der Waals surface area (Å²) in [6, 6.07) is -0.237. The zero-order valence-electron chi connectivity index (χ0n) is 9.42. The molecule has 2 atom stereocenters. The number of rotatable bonds is 6. The highest BCUT2D eigenvalue weighted by molar-refractivity contribution is 5.81. The van der Waals surface area contributed by atoms with Gasteiger partial charge in [-0.05, 0) is 18.8 Å². The molecular formula is C11H22N2O. The SMILES string of the molecule is C=CCC(N)C(=O)NC(CC)C(C)C. The third-order valence-electron chi connectivity index (χ3n) is 2.33. The summed E-state index contributed by atoms with van der Waals surface area (Å²) in [7, 11) is 0. The maximum absolute atomic E-state index is 11.5. The first-order chi connectivity index (χ1) is 6.52. The average molecular weight is 198 g/mol. The maximum Gasteiger partial charge on any atom is 0.237 e. The Kier molecular flexibility index (Phi) is 6.21. The minimum absolute atomic E-state index is 0.0783. The number of nitrogens with two attached hydrogens (primary N) is 1. The number of carbonyl (C=O) groups is 1. The minimum Gasteiger partial charge on any atom is -0.352 e. The van der Waals surface area contributed by atoms with Gasteiger partial charge in [0.25, 0.3) is 0 Å². The Hall–Kier alpha value is -0.830. The van der Waals surface area contributed by atoms with Crippen LogP contribution in [0.1, 0.15) is 33.6 Å². The van der Waals surface area contributed by atoms with Crippen LogP contribution in [0.2, 0.25) is 0 Å². The van der Waals surface area contributed by atoms with Gasteiger partial charge in [-0.1, -0.05) is 26.8 Å². The lowest BCUT2D eigenvalue weighted by atomic mass is 10.0. The molecule has 2 unspecified atom stereocenters. The van der Waals surface area contributed by atoms with Crippen LogP contribution in [0.15, 0.2) is 12.7 Å². The summed E-state index contributed by atoms with van der Waals surface area (Å²) >= 11 is 0. The van der Waals surface area contributed by atoms with Gasteiger partial charge in [-0.3, -0.25) is 4.79 Å². The van der Waals surface area contributed by atoms with Gasteiger partial charge in [0, 0.05) is 6.04 Å².